The summed E-state index contributed by atoms with van der Waals surface area (Å²) in [6.45, 7) is 0. The number of nitriles is 2. The summed E-state index contributed by atoms with van der Waals surface area (Å²) < 4.78 is 5.34. The van der Waals surface area contributed by atoms with Crippen molar-refractivity contribution in [1.82, 2.24) is 0 Å². The molecule has 0 bridgehead atoms. The van der Waals surface area contributed by atoms with Gasteiger partial charge in [-0.15, -0.1) is 0 Å². The molecule has 0 radical (unpaired) electrons. The van der Waals surface area contributed by atoms with Crippen molar-refractivity contribution in [1.29, 1.82) is 10.5 Å². The summed E-state index contributed by atoms with van der Waals surface area (Å²) >= 11 is 0. The van der Waals surface area contributed by atoms with Gasteiger partial charge in [0.25, 0.3) is 0 Å². The van der Waals surface area contributed by atoms with Gasteiger partial charge in [0.05, 0.1) is 5.56 Å². The quantitative estimate of drug-likeness (QED) is 0.588. The SMILES string of the molecule is N#CC(C#N)=Cc1cc2cc3c(cc2oc1=O)/C=C\CC/C=C\3. The third-order valence-corrected chi connectivity index (χ3v) is 3.60. The summed E-state index contributed by atoms with van der Waals surface area (Å²) in [6, 6.07) is 8.90. The van der Waals surface area contributed by atoms with Crippen LogP contribution >= 0.6 is 0 Å². The van der Waals surface area contributed by atoms with Crippen LogP contribution in [0, 0.1) is 22.7 Å². The van der Waals surface area contributed by atoms with Crippen molar-refractivity contribution in [3.63, 3.8) is 0 Å². The molecule has 1 aliphatic carbocycles. The Morgan fingerprint density at radius 2 is 1.70 bits per heavy atom. The van der Waals surface area contributed by atoms with Crippen molar-refractivity contribution in [3.05, 3.63) is 63.0 Å². The smallest absolute Gasteiger partial charge is 0.343 e. The van der Waals surface area contributed by atoms with Crippen molar-refractivity contribution in [2.75, 3.05) is 0 Å². The van der Waals surface area contributed by atoms with Crippen LogP contribution in [0.3, 0.4) is 0 Å². The molecule has 0 aliphatic heterocycles. The first-order valence-electron chi connectivity index (χ1n) is 7.18. The molecule has 4 heteroatoms. The number of hydrogen-bond acceptors (Lipinski definition) is 4. The largest absolute Gasteiger partial charge is 0.422 e. The fourth-order valence-electron chi connectivity index (χ4n) is 2.46. The van der Waals surface area contributed by atoms with Crippen LogP contribution in [0.25, 0.3) is 29.2 Å². The lowest BCUT2D eigenvalue weighted by atomic mass is 10.00. The Kier molecular flexibility index (Phi) is 3.91. The van der Waals surface area contributed by atoms with Gasteiger partial charge in [-0.05, 0) is 48.2 Å². The molecule has 23 heavy (non-hydrogen) atoms. The zero-order valence-corrected chi connectivity index (χ0v) is 12.2. The average Bonchev–Trinajstić information content (AvgIpc) is 2.53. The minimum absolute atomic E-state index is 0.134. The number of hydrogen-bond donors (Lipinski definition) is 0. The second-order valence-electron chi connectivity index (χ2n) is 5.17. The molecule has 3 rings (SSSR count). The molecule has 1 aromatic carbocycles. The number of allylic oxidation sites excluding steroid dienone is 3. The standard InChI is InChI=1S/C19H12N2O2/c20-11-13(12-21)7-17-9-16-8-14-5-3-1-2-4-6-15(14)10-18(16)23-19(17)22/h3-10H,1-2H2/b5-3-,6-4-. The lowest BCUT2D eigenvalue weighted by Crippen LogP contribution is -2.03. The summed E-state index contributed by atoms with van der Waals surface area (Å²) in [5, 5.41) is 18.4. The van der Waals surface area contributed by atoms with Crippen LogP contribution in [-0.4, -0.2) is 0 Å². The molecule has 0 saturated heterocycles. The van der Waals surface area contributed by atoms with E-state index in [9.17, 15) is 4.79 Å². The number of fused-ring (bicyclic) bond motifs is 2. The molecule has 0 amide bonds. The molecule has 110 valence electrons. The topological polar surface area (TPSA) is 77.8 Å². The van der Waals surface area contributed by atoms with Gasteiger partial charge in [0.1, 0.15) is 23.3 Å². The fraction of sp³-hybridized carbons (Fsp3) is 0.105. The van der Waals surface area contributed by atoms with E-state index in [1.165, 1.54) is 6.08 Å². The highest BCUT2D eigenvalue weighted by Crippen LogP contribution is 2.24. The van der Waals surface area contributed by atoms with Crippen LogP contribution in [-0.2, 0) is 0 Å². The van der Waals surface area contributed by atoms with Crippen LogP contribution < -0.4 is 5.63 Å². The summed E-state index contributed by atoms with van der Waals surface area (Å²) in [5.74, 6) is 0. The van der Waals surface area contributed by atoms with E-state index >= 15 is 0 Å². The van der Waals surface area contributed by atoms with Crippen molar-refractivity contribution < 1.29 is 4.42 Å². The lowest BCUT2D eigenvalue weighted by Gasteiger charge is -2.07. The molecule has 0 unspecified atom stereocenters. The zero-order valence-electron chi connectivity index (χ0n) is 12.2. The van der Waals surface area contributed by atoms with Crippen LogP contribution in [0.2, 0.25) is 0 Å². The van der Waals surface area contributed by atoms with Crippen molar-refractivity contribution in [3.8, 4) is 12.1 Å². The molecule has 4 nitrogen and oxygen atoms in total. The third kappa shape index (κ3) is 2.97. The Labute approximate surface area is 132 Å². The van der Waals surface area contributed by atoms with Gasteiger partial charge in [-0.3, -0.25) is 0 Å². The van der Waals surface area contributed by atoms with Gasteiger partial charge in [-0.1, -0.05) is 24.3 Å². The molecule has 0 spiro atoms. The van der Waals surface area contributed by atoms with Crippen LogP contribution in [0.5, 0.6) is 0 Å². The van der Waals surface area contributed by atoms with Gasteiger partial charge in [0.15, 0.2) is 0 Å². The van der Waals surface area contributed by atoms with E-state index in [0.717, 1.165) is 29.4 Å². The maximum atomic E-state index is 12.0. The van der Waals surface area contributed by atoms with Crippen molar-refractivity contribution in [2.24, 2.45) is 0 Å². The molecular formula is C19H12N2O2. The molecule has 2 aromatic rings. The highest BCUT2D eigenvalue weighted by molar-refractivity contribution is 5.86. The van der Waals surface area contributed by atoms with Gasteiger partial charge in [-0.25, -0.2) is 4.79 Å². The van der Waals surface area contributed by atoms with Crippen LogP contribution in [0.1, 0.15) is 29.5 Å². The highest BCUT2D eigenvalue weighted by atomic mass is 16.4. The number of nitrogens with zero attached hydrogens (tertiary/aromatic N) is 2. The highest BCUT2D eigenvalue weighted by Gasteiger charge is 2.08. The van der Waals surface area contributed by atoms with E-state index in [4.69, 9.17) is 14.9 Å². The number of benzene rings is 1. The molecule has 1 aromatic heterocycles. The van der Waals surface area contributed by atoms with Gasteiger partial charge in [0, 0.05) is 5.39 Å². The molecule has 0 atom stereocenters. The van der Waals surface area contributed by atoms with Gasteiger partial charge < -0.3 is 4.42 Å². The monoisotopic (exact) mass is 300 g/mol. The fourth-order valence-corrected chi connectivity index (χ4v) is 2.46. The lowest BCUT2D eigenvalue weighted by molar-refractivity contribution is 0.559. The molecular weight excluding hydrogens is 288 g/mol. The van der Waals surface area contributed by atoms with Crippen LogP contribution in [0.4, 0.5) is 0 Å². The van der Waals surface area contributed by atoms with E-state index < -0.39 is 5.63 Å². The first kappa shape index (κ1) is 14.6. The van der Waals surface area contributed by atoms with Crippen molar-refractivity contribution >= 4 is 29.2 Å². The van der Waals surface area contributed by atoms with Crippen LogP contribution in [0.15, 0.2) is 45.1 Å². The summed E-state index contributed by atoms with van der Waals surface area (Å²) in [5.41, 5.74) is 2.02. The summed E-state index contributed by atoms with van der Waals surface area (Å²) in [6.07, 6.45) is 11.5. The minimum atomic E-state index is -0.564. The Balaban J connectivity index is 2.23. The Morgan fingerprint density at radius 3 is 2.35 bits per heavy atom. The molecule has 1 heterocycles. The normalized spacial score (nSPS) is 15.4. The Bertz CT molecular complexity index is 993. The zero-order chi connectivity index (χ0) is 16.2. The maximum absolute atomic E-state index is 12.0. The maximum Gasteiger partial charge on any atom is 0.343 e. The Morgan fingerprint density at radius 1 is 1.04 bits per heavy atom. The average molecular weight is 300 g/mol. The summed E-state index contributed by atoms with van der Waals surface area (Å²) in [7, 11) is 0. The minimum Gasteiger partial charge on any atom is -0.422 e. The predicted molar refractivity (Wildman–Crippen MR) is 89.0 cm³/mol. The van der Waals surface area contributed by atoms with E-state index in [0.29, 0.717) is 5.58 Å². The molecule has 0 saturated carbocycles. The Hall–Kier alpha value is -3.37. The third-order valence-electron chi connectivity index (χ3n) is 3.60. The van der Waals surface area contributed by atoms with Gasteiger partial charge in [-0.2, -0.15) is 10.5 Å². The van der Waals surface area contributed by atoms with Gasteiger partial charge >= 0.3 is 5.63 Å². The second kappa shape index (κ2) is 6.17. The molecule has 0 fully saturated rings. The first-order valence-corrected chi connectivity index (χ1v) is 7.18. The van der Waals surface area contributed by atoms with E-state index in [-0.39, 0.29) is 11.1 Å². The van der Waals surface area contributed by atoms with E-state index in [2.05, 4.69) is 18.2 Å². The van der Waals surface area contributed by atoms with E-state index in [1.54, 1.807) is 18.2 Å². The molecule has 0 N–H and O–H groups in total. The summed E-state index contributed by atoms with van der Waals surface area (Å²) in [4.78, 5) is 12.0. The van der Waals surface area contributed by atoms with E-state index in [1.807, 2.05) is 18.2 Å². The predicted octanol–water partition coefficient (Wildman–Crippen LogP) is 4.04. The molecule has 1 aliphatic rings. The first-order chi connectivity index (χ1) is 11.2. The van der Waals surface area contributed by atoms with Crippen molar-refractivity contribution in [2.45, 2.75) is 12.8 Å². The number of rotatable bonds is 1. The van der Waals surface area contributed by atoms with Gasteiger partial charge in [0.2, 0.25) is 0 Å². The second-order valence-corrected chi connectivity index (χ2v) is 5.17.